The van der Waals surface area contributed by atoms with E-state index in [9.17, 15) is 35.5 Å². The number of anilines is 1. The standard InChI is InChI=1S/C49H58N2O11S2/c1-35-15-23-43-41(31-35)48(2,3)45(50(43)27-8-6-10-29-60-33-52)25-16-36-13-12-14-37(47(36)62-38-18-20-39(21-19-38)63(54,55)56)17-26-46-49(4,5)42-32-40(64(57,58)59)22-24-44(42)51(46)28-9-7-11-30-61-34-53/h15-26,31-34H,6-14,27-30H2,1-5H3,(H-,54,55,56,57,58,59)/p+1. The highest BCUT2D eigenvalue weighted by molar-refractivity contribution is 7.86. The second kappa shape index (κ2) is 20.2. The van der Waals surface area contributed by atoms with Crippen molar-refractivity contribution in [2.75, 3.05) is 31.2 Å². The molecule has 0 amide bonds. The van der Waals surface area contributed by atoms with Crippen LogP contribution in [0.2, 0.25) is 0 Å². The van der Waals surface area contributed by atoms with Gasteiger partial charge in [0, 0.05) is 47.5 Å². The number of unbranched alkanes of at least 4 members (excludes halogenated alkanes) is 4. The number of hydrogen-bond acceptors (Lipinski definition) is 10. The van der Waals surface area contributed by atoms with Gasteiger partial charge in [0.1, 0.15) is 18.1 Å². The van der Waals surface area contributed by atoms with Crippen LogP contribution in [0.3, 0.4) is 0 Å². The normalized spacial score (nSPS) is 18.2. The van der Waals surface area contributed by atoms with Crippen molar-refractivity contribution in [3.05, 3.63) is 124 Å². The molecule has 15 heteroatoms. The first-order valence-electron chi connectivity index (χ1n) is 21.7. The molecule has 0 radical (unpaired) electrons. The van der Waals surface area contributed by atoms with Gasteiger partial charge in [-0.15, -0.1) is 0 Å². The number of carbonyl (C=O) groups excluding carboxylic acids is 2. The Morgan fingerprint density at radius 3 is 2.03 bits per heavy atom. The van der Waals surface area contributed by atoms with Gasteiger partial charge in [0.25, 0.3) is 33.2 Å². The fraction of sp³-hybridized carbons (Fsp3) is 0.408. The van der Waals surface area contributed by atoms with Crippen molar-refractivity contribution < 1.29 is 54.3 Å². The maximum Gasteiger partial charge on any atom is 0.294 e. The van der Waals surface area contributed by atoms with Crippen molar-refractivity contribution in [1.82, 2.24) is 0 Å². The van der Waals surface area contributed by atoms with E-state index < -0.39 is 25.7 Å². The summed E-state index contributed by atoms with van der Waals surface area (Å²) in [6.07, 6.45) is 15.4. The van der Waals surface area contributed by atoms with Gasteiger partial charge in [0.15, 0.2) is 5.71 Å². The van der Waals surface area contributed by atoms with Gasteiger partial charge in [0.2, 0.25) is 5.69 Å². The van der Waals surface area contributed by atoms with Crippen LogP contribution in [-0.2, 0) is 50.1 Å². The molecule has 0 fully saturated rings. The van der Waals surface area contributed by atoms with Gasteiger partial charge in [-0.1, -0.05) is 31.6 Å². The van der Waals surface area contributed by atoms with Crippen molar-refractivity contribution in [2.24, 2.45) is 0 Å². The Balaban J connectivity index is 1.44. The lowest BCUT2D eigenvalue weighted by molar-refractivity contribution is -0.438. The Morgan fingerprint density at radius 2 is 1.38 bits per heavy atom. The van der Waals surface area contributed by atoms with E-state index in [2.05, 4.69) is 60.6 Å². The van der Waals surface area contributed by atoms with Crippen LogP contribution < -0.4 is 9.64 Å². The van der Waals surface area contributed by atoms with Crippen molar-refractivity contribution in [3.8, 4) is 5.75 Å². The van der Waals surface area contributed by atoms with Crippen molar-refractivity contribution >= 4 is 50.3 Å². The molecule has 1 aliphatic carbocycles. The number of allylic oxidation sites excluding steroid dienone is 7. The highest BCUT2D eigenvalue weighted by Gasteiger charge is 2.44. The van der Waals surface area contributed by atoms with Crippen LogP contribution in [0.5, 0.6) is 5.75 Å². The average Bonchev–Trinajstić information content (AvgIpc) is 3.58. The van der Waals surface area contributed by atoms with E-state index in [0.29, 0.717) is 63.5 Å². The van der Waals surface area contributed by atoms with E-state index in [0.717, 1.165) is 84.6 Å². The maximum absolute atomic E-state index is 12.3. The molecule has 0 unspecified atom stereocenters. The second-order valence-electron chi connectivity index (χ2n) is 17.5. The molecule has 2 N–H and O–H groups in total. The van der Waals surface area contributed by atoms with E-state index >= 15 is 0 Å². The summed E-state index contributed by atoms with van der Waals surface area (Å²) in [4.78, 5) is 23.1. The lowest BCUT2D eigenvalue weighted by atomic mass is 9.80. The highest BCUT2D eigenvalue weighted by Crippen LogP contribution is 2.49. The van der Waals surface area contributed by atoms with Crippen LogP contribution in [0.15, 0.2) is 117 Å². The number of carbonyl (C=O) groups is 2. The lowest BCUT2D eigenvalue weighted by Gasteiger charge is -2.27. The van der Waals surface area contributed by atoms with E-state index in [1.807, 2.05) is 26.0 Å². The molecule has 0 aromatic heterocycles. The van der Waals surface area contributed by atoms with E-state index in [1.165, 1.54) is 47.5 Å². The van der Waals surface area contributed by atoms with E-state index in [-0.39, 0.29) is 15.2 Å². The Hall–Kier alpha value is -5.35. The average molecular weight is 916 g/mol. The SMILES string of the molecule is Cc1ccc2c(c1)C(C)(C)C(/C=C/C1=C(Oc3ccc(S(=O)(=O)O)cc3)C(=C/C=C3/N(CCCCCOC=O)c4ccc(S(=O)(=O)O)cc4C3(C)C)/CCC1)=[N+]2CCCCCOC=O. The fourth-order valence-electron chi connectivity index (χ4n) is 8.95. The predicted molar refractivity (Wildman–Crippen MR) is 245 cm³/mol. The number of hydrogen-bond donors (Lipinski definition) is 2. The second-order valence-corrected chi connectivity index (χ2v) is 20.3. The number of rotatable bonds is 21. The molecule has 13 nitrogen and oxygen atoms in total. The molecule has 0 spiro atoms. The molecule has 6 rings (SSSR count). The highest BCUT2D eigenvalue weighted by atomic mass is 32.2. The summed E-state index contributed by atoms with van der Waals surface area (Å²) in [5.74, 6) is 1.01. The third-order valence-electron chi connectivity index (χ3n) is 12.3. The number of fused-ring (bicyclic) bond motifs is 2. The van der Waals surface area contributed by atoms with Crippen LogP contribution >= 0.6 is 0 Å². The van der Waals surface area contributed by atoms with Gasteiger partial charge >= 0.3 is 0 Å². The molecule has 0 saturated carbocycles. The van der Waals surface area contributed by atoms with Crippen LogP contribution in [0, 0.1) is 6.92 Å². The quantitative estimate of drug-likeness (QED) is 0.0449. The number of ether oxygens (including phenoxy) is 3. The molecule has 3 aliphatic rings. The maximum atomic E-state index is 12.3. The summed E-state index contributed by atoms with van der Waals surface area (Å²) in [6, 6.07) is 16.9. The number of nitrogens with zero attached hydrogens (tertiary/aromatic N) is 2. The third kappa shape index (κ3) is 10.9. The third-order valence-corrected chi connectivity index (χ3v) is 14.1. The topological polar surface area (TPSA) is 177 Å². The fourth-order valence-corrected chi connectivity index (χ4v) is 9.94. The van der Waals surface area contributed by atoms with Crippen molar-refractivity contribution in [2.45, 2.75) is 113 Å². The molecule has 342 valence electrons. The zero-order valence-electron chi connectivity index (χ0n) is 37.2. The Bertz CT molecular complexity index is 2620. The van der Waals surface area contributed by atoms with Gasteiger partial charge in [-0.05, 0) is 150 Å². The first-order valence-corrected chi connectivity index (χ1v) is 24.6. The van der Waals surface area contributed by atoms with Gasteiger partial charge in [-0.3, -0.25) is 18.7 Å². The van der Waals surface area contributed by atoms with Gasteiger partial charge < -0.3 is 19.1 Å². The number of aryl methyl sites for hydroxylation is 1. The summed E-state index contributed by atoms with van der Waals surface area (Å²) in [7, 11) is -8.89. The minimum Gasteiger partial charge on any atom is -0.468 e. The summed E-state index contributed by atoms with van der Waals surface area (Å²) < 4.78 is 86.9. The van der Waals surface area contributed by atoms with Crippen LogP contribution in [0.25, 0.3) is 0 Å². The Morgan fingerprint density at radius 1 is 0.719 bits per heavy atom. The monoisotopic (exact) mass is 915 g/mol. The molecule has 0 atom stereocenters. The minimum atomic E-state index is -4.46. The minimum absolute atomic E-state index is 0.184. The Kier molecular flexibility index (Phi) is 15.2. The Labute approximate surface area is 377 Å². The smallest absolute Gasteiger partial charge is 0.294 e. The van der Waals surface area contributed by atoms with Crippen LogP contribution in [0.1, 0.15) is 102 Å². The van der Waals surface area contributed by atoms with Gasteiger partial charge in [-0.2, -0.15) is 21.4 Å². The zero-order valence-corrected chi connectivity index (χ0v) is 38.8. The molecule has 0 saturated heterocycles. The summed E-state index contributed by atoms with van der Waals surface area (Å²) in [5, 5.41) is 0. The largest absolute Gasteiger partial charge is 0.468 e. The molecule has 0 bridgehead atoms. The first kappa shape index (κ1) is 48.1. The molecule has 3 aromatic rings. The molecule has 2 aliphatic heterocycles. The summed E-state index contributed by atoms with van der Waals surface area (Å²) in [5.41, 5.74) is 8.02. The first-order chi connectivity index (χ1) is 30.4. The number of benzene rings is 3. The molecule has 2 heterocycles. The van der Waals surface area contributed by atoms with Crippen molar-refractivity contribution in [1.29, 1.82) is 0 Å². The molecule has 64 heavy (non-hydrogen) atoms. The van der Waals surface area contributed by atoms with Gasteiger partial charge in [0.05, 0.1) is 28.4 Å². The van der Waals surface area contributed by atoms with Crippen molar-refractivity contribution in [3.63, 3.8) is 0 Å². The molecule has 3 aromatic carbocycles. The van der Waals surface area contributed by atoms with Gasteiger partial charge in [-0.25, -0.2) is 0 Å². The molecular formula is C49H59N2O11S2+. The summed E-state index contributed by atoms with van der Waals surface area (Å²) in [6.45, 7) is 13.6. The lowest BCUT2D eigenvalue weighted by Crippen LogP contribution is -2.28. The molecular weight excluding hydrogens is 857 g/mol. The predicted octanol–water partition coefficient (Wildman–Crippen LogP) is 9.23. The zero-order chi connectivity index (χ0) is 46.3. The van der Waals surface area contributed by atoms with Crippen LogP contribution in [0.4, 0.5) is 11.4 Å². The van der Waals surface area contributed by atoms with E-state index in [1.54, 1.807) is 6.07 Å². The summed E-state index contributed by atoms with van der Waals surface area (Å²) >= 11 is 0. The van der Waals surface area contributed by atoms with Crippen LogP contribution in [-0.4, -0.2) is 75.5 Å². The van der Waals surface area contributed by atoms with E-state index in [4.69, 9.17) is 14.2 Å².